The fourth-order valence-electron chi connectivity index (χ4n) is 2.63. The van der Waals surface area contributed by atoms with Gasteiger partial charge in [-0.15, -0.1) is 0 Å². The van der Waals surface area contributed by atoms with Gasteiger partial charge in [0, 0.05) is 25.0 Å². The van der Waals surface area contributed by atoms with Crippen molar-refractivity contribution in [3.05, 3.63) is 42.7 Å². The Labute approximate surface area is 124 Å². The highest BCUT2D eigenvalue weighted by Gasteiger charge is 2.31. The van der Waals surface area contributed by atoms with Crippen molar-refractivity contribution in [1.82, 2.24) is 14.1 Å². The highest BCUT2D eigenvalue weighted by molar-refractivity contribution is 7.90. The minimum absolute atomic E-state index is 0.0411. The zero-order valence-electron chi connectivity index (χ0n) is 11.8. The van der Waals surface area contributed by atoms with Crippen molar-refractivity contribution in [3.63, 3.8) is 0 Å². The molecular weight excluding hydrogens is 288 g/mol. The van der Waals surface area contributed by atoms with Crippen LogP contribution in [0.5, 0.6) is 0 Å². The van der Waals surface area contributed by atoms with E-state index in [1.165, 1.54) is 4.31 Å². The Kier molecular flexibility index (Phi) is 3.69. The van der Waals surface area contributed by atoms with Crippen LogP contribution in [0.25, 0.3) is 5.69 Å². The summed E-state index contributed by atoms with van der Waals surface area (Å²) in [6.07, 6.45) is 5.25. The summed E-state index contributed by atoms with van der Waals surface area (Å²) in [7, 11) is -3.53. The third-order valence-corrected chi connectivity index (χ3v) is 5.33. The van der Waals surface area contributed by atoms with Gasteiger partial charge in [0.15, 0.2) is 0 Å². The second kappa shape index (κ2) is 5.50. The smallest absolute Gasteiger partial charge is 0.269 e. The Bertz CT molecular complexity index is 712. The van der Waals surface area contributed by atoms with E-state index >= 15 is 0 Å². The van der Waals surface area contributed by atoms with Crippen LogP contribution in [0.3, 0.4) is 0 Å². The molecule has 1 aromatic carbocycles. The van der Waals surface area contributed by atoms with E-state index in [1.807, 2.05) is 19.1 Å². The maximum atomic E-state index is 12.5. The van der Waals surface area contributed by atoms with Crippen LogP contribution in [0.2, 0.25) is 0 Å². The fraction of sp³-hybridized carbons (Fsp3) is 0.357. The Morgan fingerprint density at radius 3 is 2.76 bits per heavy atom. The summed E-state index contributed by atoms with van der Waals surface area (Å²) in [5.41, 5.74) is 1.23. The third-order valence-electron chi connectivity index (χ3n) is 3.69. The average Bonchev–Trinajstić information content (AvgIpc) is 3.10. The second-order valence-electron chi connectivity index (χ2n) is 5.18. The van der Waals surface area contributed by atoms with Gasteiger partial charge in [0.2, 0.25) is 0 Å². The highest BCUT2D eigenvalue weighted by atomic mass is 32.2. The minimum Gasteiger partial charge on any atom is -0.269 e. The van der Waals surface area contributed by atoms with E-state index in [0.717, 1.165) is 12.8 Å². The van der Waals surface area contributed by atoms with E-state index in [2.05, 4.69) is 9.82 Å². The lowest BCUT2D eigenvalue weighted by molar-refractivity contribution is 0.412. The van der Waals surface area contributed by atoms with Gasteiger partial charge >= 0.3 is 10.2 Å². The number of anilines is 1. The number of benzene rings is 1. The van der Waals surface area contributed by atoms with Crippen LogP contribution in [0, 0.1) is 0 Å². The fourth-order valence-corrected chi connectivity index (χ4v) is 4.15. The molecule has 1 unspecified atom stereocenters. The number of aromatic nitrogens is 2. The monoisotopic (exact) mass is 306 g/mol. The number of para-hydroxylation sites is 2. The van der Waals surface area contributed by atoms with Gasteiger partial charge in [-0.25, -0.2) is 4.68 Å². The molecule has 112 valence electrons. The topological polar surface area (TPSA) is 67.2 Å². The van der Waals surface area contributed by atoms with E-state index in [9.17, 15) is 8.42 Å². The Morgan fingerprint density at radius 1 is 1.29 bits per heavy atom. The van der Waals surface area contributed by atoms with Crippen molar-refractivity contribution in [2.75, 3.05) is 11.3 Å². The molecule has 21 heavy (non-hydrogen) atoms. The van der Waals surface area contributed by atoms with Crippen LogP contribution >= 0.6 is 0 Å². The first-order valence-corrected chi connectivity index (χ1v) is 8.40. The van der Waals surface area contributed by atoms with Crippen molar-refractivity contribution in [3.8, 4) is 5.69 Å². The Hall–Kier alpha value is -1.86. The Balaban J connectivity index is 1.92. The summed E-state index contributed by atoms with van der Waals surface area (Å²) < 4.78 is 30.9. The number of nitrogens with one attached hydrogen (secondary N) is 1. The molecular formula is C14H18N4O2S. The van der Waals surface area contributed by atoms with E-state index < -0.39 is 10.2 Å². The summed E-state index contributed by atoms with van der Waals surface area (Å²) in [5, 5.41) is 4.16. The summed E-state index contributed by atoms with van der Waals surface area (Å²) in [5.74, 6) is 0. The van der Waals surface area contributed by atoms with Gasteiger partial charge in [-0.2, -0.15) is 17.8 Å². The largest absolute Gasteiger partial charge is 0.301 e. The number of nitrogens with zero attached hydrogens (tertiary/aromatic N) is 3. The Morgan fingerprint density at radius 2 is 2.10 bits per heavy atom. The summed E-state index contributed by atoms with van der Waals surface area (Å²) in [6, 6.07) is 9.08. The maximum Gasteiger partial charge on any atom is 0.301 e. The molecule has 1 atom stereocenters. The van der Waals surface area contributed by atoms with E-state index in [0.29, 0.717) is 17.9 Å². The lowest BCUT2D eigenvalue weighted by Crippen LogP contribution is -2.38. The standard InChI is InChI=1S/C14H18N4O2S/c1-12-6-4-11-18(12)21(19,20)16-13-7-2-3-8-14(13)17-10-5-9-15-17/h2-3,5,7-10,12,16H,4,6,11H2,1H3. The molecule has 1 fully saturated rings. The summed E-state index contributed by atoms with van der Waals surface area (Å²) >= 11 is 0. The predicted octanol–water partition coefficient (Wildman–Crippen LogP) is 2.01. The molecule has 1 N–H and O–H groups in total. The van der Waals surface area contributed by atoms with Gasteiger partial charge in [-0.05, 0) is 38.0 Å². The molecule has 1 aliphatic rings. The van der Waals surface area contributed by atoms with Crippen molar-refractivity contribution in [2.24, 2.45) is 0 Å². The molecule has 0 spiro atoms. The number of hydrogen-bond donors (Lipinski definition) is 1. The van der Waals surface area contributed by atoms with Crippen molar-refractivity contribution in [1.29, 1.82) is 0 Å². The zero-order chi connectivity index (χ0) is 14.9. The van der Waals surface area contributed by atoms with Gasteiger partial charge in [0.05, 0.1) is 11.4 Å². The SMILES string of the molecule is CC1CCCN1S(=O)(=O)Nc1ccccc1-n1cccn1. The van der Waals surface area contributed by atoms with Crippen LogP contribution < -0.4 is 4.72 Å². The molecule has 0 radical (unpaired) electrons. The highest BCUT2D eigenvalue weighted by Crippen LogP contribution is 2.25. The molecule has 0 bridgehead atoms. The predicted molar refractivity (Wildman–Crippen MR) is 81.5 cm³/mol. The molecule has 1 aromatic heterocycles. The molecule has 0 saturated carbocycles. The first-order valence-electron chi connectivity index (χ1n) is 6.96. The molecule has 3 rings (SSSR count). The van der Waals surface area contributed by atoms with E-state index in [-0.39, 0.29) is 6.04 Å². The van der Waals surface area contributed by atoms with Crippen LogP contribution in [0.4, 0.5) is 5.69 Å². The average molecular weight is 306 g/mol. The van der Waals surface area contributed by atoms with Crippen molar-refractivity contribution >= 4 is 15.9 Å². The third kappa shape index (κ3) is 2.79. The second-order valence-corrected chi connectivity index (χ2v) is 6.80. The minimum atomic E-state index is -3.53. The number of hydrogen-bond acceptors (Lipinski definition) is 3. The van der Waals surface area contributed by atoms with Gasteiger partial charge in [-0.3, -0.25) is 4.72 Å². The molecule has 0 amide bonds. The van der Waals surface area contributed by atoms with Gasteiger partial charge < -0.3 is 0 Å². The summed E-state index contributed by atoms with van der Waals surface area (Å²) in [6.45, 7) is 2.51. The molecule has 7 heteroatoms. The summed E-state index contributed by atoms with van der Waals surface area (Å²) in [4.78, 5) is 0. The molecule has 6 nitrogen and oxygen atoms in total. The molecule has 0 aliphatic carbocycles. The molecule has 2 heterocycles. The van der Waals surface area contributed by atoms with Crippen molar-refractivity contribution < 1.29 is 8.42 Å². The van der Waals surface area contributed by atoms with Crippen LogP contribution in [0.15, 0.2) is 42.7 Å². The van der Waals surface area contributed by atoms with Crippen molar-refractivity contribution in [2.45, 2.75) is 25.8 Å². The molecule has 1 aliphatic heterocycles. The first-order chi connectivity index (χ1) is 10.1. The zero-order valence-corrected chi connectivity index (χ0v) is 12.6. The van der Waals surface area contributed by atoms with Gasteiger partial charge in [0.1, 0.15) is 0 Å². The lowest BCUT2D eigenvalue weighted by atomic mass is 10.3. The quantitative estimate of drug-likeness (QED) is 0.939. The van der Waals surface area contributed by atoms with Gasteiger partial charge in [-0.1, -0.05) is 12.1 Å². The van der Waals surface area contributed by atoms with Crippen LogP contribution in [-0.4, -0.2) is 35.1 Å². The van der Waals surface area contributed by atoms with E-state index in [1.54, 1.807) is 35.3 Å². The van der Waals surface area contributed by atoms with Gasteiger partial charge in [0.25, 0.3) is 0 Å². The molecule has 1 saturated heterocycles. The van der Waals surface area contributed by atoms with E-state index in [4.69, 9.17) is 0 Å². The van der Waals surface area contributed by atoms with Crippen LogP contribution in [-0.2, 0) is 10.2 Å². The van der Waals surface area contributed by atoms with Crippen LogP contribution in [0.1, 0.15) is 19.8 Å². The first kappa shape index (κ1) is 14.1. The normalized spacial score (nSPS) is 19.8. The maximum absolute atomic E-state index is 12.5. The molecule has 2 aromatic rings. The number of rotatable bonds is 4. The lowest BCUT2D eigenvalue weighted by Gasteiger charge is -2.22.